The Morgan fingerprint density at radius 3 is 1.75 bits per heavy atom. The van der Waals surface area contributed by atoms with Gasteiger partial charge in [0.1, 0.15) is 17.5 Å². The monoisotopic (exact) mass is 262 g/mol. The van der Waals surface area contributed by atoms with Crippen molar-refractivity contribution in [1.29, 1.82) is 0 Å². The number of hydrogen-bond donors (Lipinski definition) is 0. The highest BCUT2D eigenvalue weighted by Gasteiger charge is 2.14. The van der Waals surface area contributed by atoms with Crippen LogP contribution in [0.25, 0.3) is 0 Å². The molecule has 98 valence electrons. The lowest BCUT2D eigenvalue weighted by molar-refractivity contribution is 1.08. The van der Waals surface area contributed by atoms with E-state index in [1.165, 1.54) is 0 Å². The van der Waals surface area contributed by atoms with Gasteiger partial charge in [0.2, 0.25) is 0 Å². The smallest absolute Gasteiger partial charge is 0.139 e. The summed E-state index contributed by atoms with van der Waals surface area (Å²) in [6.45, 7) is 2.02. The van der Waals surface area contributed by atoms with Crippen molar-refractivity contribution in [2.45, 2.75) is 6.92 Å². The fourth-order valence-electron chi connectivity index (χ4n) is 1.92. The summed E-state index contributed by atoms with van der Waals surface area (Å²) in [7, 11) is 0. The Labute approximate surface area is 117 Å². The Bertz CT molecular complexity index is 626. The van der Waals surface area contributed by atoms with Crippen LogP contribution in [0.5, 0.6) is 0 Å². The number of hydrogen-bond acceptors (Lipinski definition) is 4. The van der Waals surface area contributed by atoms with E-state index < -0.39 is 0 Å². The highest BCUT2D eigenvalue weighted by molar-refractivity contribution is 5.68. The first-order valence-corrected chi connectivity index (χ1v) is 6.39. The zero-order chi connectivity index (χ0) is 13.8. The Hall–Kier alpha value is -2.75. The average molecular weight is 262 g/mol. The van der Waals surface area contributed by atoms with E-state index in [2.05, 4.69) is 15.0 Å². The summed E-state index contributed by atoms with van der Waals surface area (Å²) in [5, 5.41) is 0. The summed E-state index contributed by atoms with van der Waals surface area (Å²) < 4.78 is 0. The van der Waals surface area contributed by atoms with Gasteiger partial charge in [0.15, 0.2) is 0 Å². The molecule has 0 atom stereocenters. The highest BCUT2D eigenvalue weighted by Crippen LogP contribution is 2.29. The van der Waals surface area contributed by atoms with Crippen LogP contribution in [0.1, 0.15) is 5.56 Å². The lowest BCUT2D eigenvalue weighted by Gasteiger charge is -2.21. The van der Waals surface area contributed by atoms with Crippen molar-refractivity contribution in [3.8, 4) is 0 Å². The van der Waals surface area contributed by atoms with E-state index in [1.807, 2.05) is 66.6 Å². The van der Waals surface area contributed by atoms with E-state index in [1.54, 1.807) is 12.4 Å². The van der Waals surface area contributed by atoms with Gasteiger partial charge in [0.25, 0.3) is 0 Å². The van der Waals surface area contributed by atoms with Crippen molar-refractivity contribution < 1.29 is 0 Å². The molecule has 0 spiro atoms. The van der Waals surface area contributed by atoms with Crippen molar-refractivity contribution in [3.63, 3.8) is 0 Å². The van der Waals surface area contributed by atoms with Crippen LogP contribution >= 0.6 is 0 Å². The number of nitrogens with zero attached hydrogens (tertiary/aromatic N) is 4. The van der Waals surface area contributed by atoms with Crippen LogP contribution in [0.15, 0.2) is 67.1 Å². The number of aryl methyl sites for hydroxylation is 1. The molecule has 0 aliphatic heterocycles. The van der Waals surface area contributed by atoms with Gasteiger partial charge in [0, 0.05) is 18.6 Å². The highest BCUT2D eigenvalue weighted by atomic mass is 15.3. The summed E-state index contributed by atoms with van der Waals surface area (Å²) in [5.41, 5.74) is 1.12. The van der Waals surface area contributed by atoms with E-state index in [-0.39, 0.29) is 0 Å². The van der Waals surface area contributed by atoms with Crippen molar-refractivity contribution in [2.75, 3.05) is 4.90 Å². The molecular formula is C16H14N4. The summed E-state index contributed by atoms with van der Waals surface area (Å²) in [6, 6.07) is 15.6. The summed E-state index contributed by atoms with van der Waals surface area (Å²) >= 11 is 0. The fraction of sp³-hybridized carbons (Fsp3) is 0.0625. The average Bonchev–Trinajstić information content (AvgIpc) is 2.52. The normalized spacial score (nSPS) is 10.2. The summed E-state index contributed by atoms with van der Waals surface area (Å²) in [6.07, 6.45) is 5.37. The van der Waals surface area contributed by atoms with Gasteiger partial charge in [-0.3, -0.25) is 4.90 Å². The van der Waals surface area contributed by atoms with Gasteiger partial charge in [-0.15, -0.1) is 0 Å². The molecule has 3 aromatic rings. The van der Waals surface area contributed by atoms with Gasteiger partial charge in [-0.1, -0.05) is 18.2 Å². The van der Waals surface area contributed by atoms with E-state index >= 15 is 0 Å². The van der Waals surface area contributed by atoms with Crippen LogP contribution in [0, 0.1) is 6.92 Å². The Morgan fingerprint density at radius 2 is 1.30 bits per heavy atom. The summed E-state index contributed by atoms with van der Waals surface area (Å²) in [4.78, 5) is 15.2. The molecule has 0 aliphatic carbocycles. The molecule has 3 rings (SSSR count). The quantitative estimate of drug-likeness (QED) is 0.722. The molecule has 0 saturated carbocycles. The van der Waals surface area contributed by atoms with Gasteiger partial charge in [-0.25, -0.2) is 15.0 Å². The van der Waals surface area contributed by atoms with Crippen LogP contribution < -0.4 is 4.90 Å². The van der Waals surface area contributed by atoms with Crippen LogP contribution in [-0.4, -0.2) is 15.0 Å². The Morgan fingerprint density at radius 1 is 0.700 bits per heavy atom. The topological polar surface area (TPSA) is 41.9 Å². The molecule has 0 unspecified atom stereocenters. The van der Waals surface area contributed by atoms with Gasteiger partial charge in [-0.05, 0) is 42.8 Å². The zero-order valence-electron chi connectivity index (χ0n) is 11.1. The molecule has 0 radical (unpaired) electrons. The lowest BCUT2D eigenvalue weighted by atomic mass is 10.3. The molecule has 0 aliphatic rings. The third kappa shape index (κ3) is 2.49. The molecule has 3 aromatic heterocycles. The van der Waals surface area contributed by atoms with Gasteiger partial charge in [0.05, 0.1) is 0 Å². The SMILES string of the molecule is Cc1ccc(N(c2ccccn2)c2ccccn2)nc1. The standard InChI is InChI=1S/C16H14N4/c1-13-8-9-16(19-12-13)20(14-6-2-4-10-17-14)15-7-3-5-11-18-15/h2-12H,1H3. The van der Waals surface area contributed by atoms with Crippen LogP contribution in [0.4, 0.5) is 17.5 Å². The van der Waals surface area contributed by atoms with Crippen LogP contribution in [0.3, 0.4) is 0 Å². The van der Waals surface area contributed by atoms with E-state index in [0.29, 0.717) is 0 Å². The van der Waals surface area contributed by atoms with Crippen molar-refractivity contribution in [2.24, 2.45) is 0 Å². The first-order chi connectivity index (χ1) is 9.84. The van der Waals surface area contributed by atoms with Gasteiger partial charge in [-0.2, -0.15) is 0 Å². The van der Waals surface area contributed by atoms with Crippen LogP contribution in [0.2, 0.25) is 0 Å². The molecule has 0 fully saturated rings. The molecule has 0 amide bonds. The second-order valence-corrected chi connectivity index (χ2v) is 4.41. The second-order valence-electron chi connectivity index (χ2n) is 4.41. The summed E-state index contributed by atoms with van der Waals surface area (Å²) in [5.74, 6) is 2.39. The maximum Gasteiger partial charge on any atom is 0.139 e. The minimum atomic E-state index is 0.794. The molecule has 0 aromatic carbocycles. The number of pyridine rings is 3. The molecule has 0 bridgehead atoms. The first-order valence-electron chi connectivity index (χ1n) is 6.39. The van der Waals surface area contributed by atoms with Crippen molar-refractivity contribution in [1.82, 2.24) is 15.0 Å². The fourth-order valence-corrected chi connectivity index (χ4v) is 1.92. The zero-order valence-corrected chi connectivity index (χ0v) is 11.1. The second kappa shape index (κ2) is 5.48. The number of anilines is 3. The Kier molecular flexibility index (Phi) is 3.37. The van der Waals surface area contributed by atoms with E-state index in [9.17, 15) is 0 Å². The first kappa shape index (κ1) is 12.3. The molecule has 20 heavy (non-hydrogen) atoms. The Balaban J connectivity index is 2.11. The number of aromatic nitrogens is 3. The third-order valence-corrected chi connectivity index (χ3v) is 2.88. The van der Waals surface area contributed by atoms with Crippen LogP contribution in [-0.2, 0) is 0 Å². The molecule has 0 N–H and O–H groups in total. The lowest BCUT2D eigenvalue weighted by Crippen LogP contribution is -2.14. The minimum Gasteiger partial charge on any atom is -0.262 e. The predicted octanol–water partition coefficient (Wildman–Crippen LogP) is 3.65. The van der Waals surface area contributed by atoms with Gasteiger partial charge < -0.3 is 0 Å². The van der Waals surface area contributed by atoms with E-state index in [4.69, 9.17) is 0 Å². The molecule has 4 nitrogen and oxygen atoms in total. The van der Waals surface area contributed by atoms with Crippen molar-refractivity contribution in [3.05, 3.63) is 72.7 Å². The molecule has 3 heterocycles. The minimum absolute atomic E-state index is 0.794. The molecule has 4 heteroatoms. The van der Waals surface area contributed by atoms with Gasteiger partial charge >= 0.3 is 0 Å². The van der Waals surface area contributed by atoms with E-state index in [0.717, 1.165) is 23.0 Å². The maximum absolute atomic E-state index is 4.48. The maximum atomic E-state index is 4.48. The number of rotatable bonds is 3. The molecule has 0 saturated heterocycles. The molecular weight excluding hydrogens is 248 g/mol. The largest absolute Gasteiger partial charge is 0.262 e. The third-order valence-electron chi connectivity index (χ3n) is 2.88. The predicted molar refractivity (Wildman–Crippen MR) is 79.2 cm³/mol. The van der Waals surface area contributed by atoms with Crippen molar-refractivity contribution >= 4 is 17.5 Å².